The summed E-state index contributed by atoms with van der Waals surface area (Å²) in [5, 5.41) is 0. The summed E-state index contributed by atoms with van der Waals surface area (Å²) in [7, 11) is 0. The van der Waals surface area contributed by atoms with E-state index in [1.165, 1.54) is 5.57 Å². The van der Waals surface area contributed by atoms with Gasteiger partial charge in [0, 0.05) is 6.42 Å². The van der Waals surface area contributed by atoms with Gasteiger partial charge in [-0.05, 0) is 25.3 Å². The molecule has 0 fully saturated rings. The van der Waals surface area contributed by atoms with Crippen molar-refractivity contribution in [3.8, 4) is 0 Å². The van der Waals surface area contributed by atoms with E-state index < -0.39 is 0 Å². The normalized spacial score (nSPS) is 28.0. The summed E-state index contributed by atoms with van der Waals surface area (Å²) in [5.41, 5.74) is 1.24. The molecule has 1 nitrogen and oxygen atoms in total. The minimum Gasteiger partial charge on any atom is -0.295 e. The van der Waals surface area contributed by atoms with E-state index in [1.807, 2.05) is 6.92 Å². The van der Waals surface area contributed by atoms with Gasteiger partial charge in [-0.1, -0.05) is 12.5 Å². The van der Waals surface area contributed by atoms with E-state index in [4.69, 9.17) is 0 Å². The molecule has 1 aliphatic rings. The highest BCUT2D eigenvalue weighted by atomic mass is 16.1. The molecule has 0 aromatic rings. The summed E-state index contributed by atoms with van der Waals surface area (Å²) in [6.45, 7) is 4.19. The predicted molar refractivity (Wildman–Crippen MR) is 37.2 cm³/mol. The van der Waals surface area contributed by atoms with Crippen molar-refractivity contribution in [3.05, 3.63) is 11.6 Å². The Hall–Kier alpha value is -0.590. The molecule has 1 aliphatic carbocycles. The van der Waals surface area contributed by atoms with Gasteiger partial charge in [0.1, 0.15) is 0 Å². The second-order valence-electron chi connectivity index (χ2n) is 2.79. The van der Waals surface area contributed by atoms with E-state index in [0.29, 0.717) is 11.7 Å². The first-order valence-corrected chi connectivity index (χ1v) is 3.41. The Morgan fingerprint density at radius 3 is 2.78 bits per heavy atom. The third kappa shape index (κ3) is 1.41. The average molecular weight is 124 g/mol. The molecule has 0 aromatic heterocycles. The van der Waals surface area contributed by atoms with Gasteiger partial charge in [0.2, 0.25) is 0 Å². The minimum absolute atomic E-state index is 0.297. The van der Waals surface area contributed by atoms with Crippen molar-refractivity contribution < 1.29 is 4.79 Å². The Kier molecular flexibility index (Phi) is 1.70. The van der Waals surface area contributed by atoms with Gasteiger partial charge in [0.05, 0.1) is 0 Å². The Labute approximate surface area is 55.8 Å². The molecule has 1 rings (SSSR count). The van der Waals surface area contributed by atoms with E-state index in [1.54, 1.807) is 6.08 Å². The van der Waals surface area contributed by atoms with Gasteiger partial charge in [-0.3, -0.25) is 4.79 Å². The van der Waals surface area contributed by atoms with Crippen LogP contribution in [-0.2, 0) is 4.79 Å². The van der Waals surface area contributed by atoms with Crippen LogP contribution in [0.4, 0.5) is 0 Å². The minimum atomic E-state index is 0.297. The van der Waals surface area contributed by atoms with Crippen molar-refractivity contribution in [2.24, 2.45) is 5.92 Å². The molecule has 50 valence electrons. The van der Waals surface area contributed by atoms with E-state index in [0.717, 1.165) is 12.8 Å². The first kappa shape index (κ1) is 6.53. The standard InChI is InChI=1S/C8H12O/c1-6-3-4-8(9)5-7(6)2/h5-6H,3-4H2,1-2H3. The number of ketones is 1. The third-order valence-electron chi connectivity index (χ3n) is 1.99. The van der Waals surface area contributed by atoms with Gasteiger partial charge in [0.25, 0.3) is 0 Å². The third-order valence-corrected chi connectivity index (χ3v) is 1.99. The summed E-state index contributed by atoms with van der Waals surface area (Å²) < 4.78 is 0. The largest absolute Gasteiger partial charge is 0.295 e. The first-order chi connectivity index (χ1) is 4.20. The maximum absolute atomic E-state index is 10.7. The maximum Gasteiger partial charge on any atom is 0.155 e. The van der Waals surface area contributed by atoms with Gasteiger partial charge in [0.15, 0.2) is 5.78 Å². The number of hydrogen-bond acceptors (Lipinski definition) is 1. The smallest absolute Gasteiger partial charge is 0.155 e. The highest BCUT2D eigenvalue weighted by Gasteiger charge is 2.12. The van der Waals surface area contributed by atoms with Crippen LogP contribution in [0.2, 0.25) is 0 Å². The predicted octanol–water partition coefficient (Wildman–Crippen LogP) is 1.93. The van der Waals surface area contributed by atoms with E-state index in [2.05, 4.69) is 6.92 Å². The zero-order valence-electron chi connectivity index (χ0n) is 5.98. The summed E-state index contributed by atoms with van der Waals surface area (Å²) >= 11 is 0. The molecule has 0 heterocycles. The van der Waals surface area contributed by atoms with Crippen LogP contribution in [0, 0.1) is 5.92 Å². The quantitative estimate of drug-likeness (QED) is 0.482. The first-order valence-electron chi connectivity index (χ1n) is 3.41. The molecule has 0 radical (unpaired) electrons. The van der Waals surface area contributed by atoms with Gasteiger partial charge >= 0.3 is 0 Å². The topological polar surface area (TPSA) is 17.1 Å². The average Bonchev–Trinajstić information content (AvgIpc) is 1.80. The molecule has 0 N–H and O–H groups in total. The Morgan fingerprint density at radius 1 is 1.67 bits per heavy atom. The van der Waals surface area contributed by atoms with Crippen molar-refractivity contribution in [1.82, 2.24) is 0 Å². The van der Waals surface area contributed by atoms with Crippen LogP contribution in [-0.4, -0.2) is 5.78 Å². The Balaban J connectivity index is 2.72. The van der Waals surface area contributed by atoms with E-state index >= 15 is 0 Å². The van der Waals surface area contributed by atoms with Crippen LogP contribution in [0.1, 0.15) is 26.7 Å². The molecule has 0 amide bonds. The highest BCUT2D eigenvalue weighted by Crippen LogP contribution is 2.20. The molecule has 0 bridgehead atoms. The van der Waals surface area contributed by atoms with Gasteiger partial charge < -0.3 is 0 Å². The molecule has 0 aliphatic heterocycles. The summed E-state index contributed by atoms with van der Waals surface area (Å²) in [6, 6.07) is 0. The summed E-state index contributed by atoms with van der Waals surface area (Å²) in [6.07, 6.45) is 3.56. The number of carbonyl (C=O) groups excluding carboxylic acids is 1. The highest BCUT2D eigenvalue weighted by molar-refractivity contribution is 5.91. The van der Waals surface area contributed by atoms with E-state index in [9.17, 15) is 4.79 Å². The van der Waals surface area contributed by atoms with Crippen LogP contribution in [0.15, 0.2) is 11.6 Å². The maximum atomic E-state index is 10.7. The van der Waals surface area contributed by atoms with Crippen molar-refractivity contribution in [3.63, 3.8) is 0 Å². The molecule has 0 aromatic carbocycles. The number of carbonyl (C=O) groups is 1. The summed E-state index contributed by atoms with van der Waals surface area (Å²) in [5.74, 6) is 0.924. The zero-order valence-corrected chi connectivity index (χ0v) is 5.98. The lowest BCUT2D eigenvalue weighted by Gasteiger charge is -2.15. The van der Waals surface area contributed by atoms with Crippen molar-refractivity contribution in [2.45, 2.75) is 26.7 Å². The second kappa shape index (κ2) is 2.34. The lowest BCUT2D eigenvalue weighted by atomic mass is 9.90. The van der Waals surface area contributed by atoms with Crippen LogP contribution in [0.5, 0.6) is 0 Å². The van der Waals surface area contributed by atoms with Gasteiger partial charge in [-0.15, -0.1) is 0 Å². The summed E-state index contributed by atoms with van der Waals surface area (Å²) in [4.78, 5) is 10.7. The molecule has 0 spiro atoms. The number of allylic oxidation sites excluding steroid dienone is 2. The van der Waals surface area contributed by atoms with Crippen molar-refractivity contribution >= 4 is 5.78 Å². The molecular weight excluding hydrogens is 112 g/mol. The number of hydrogen-bond donors (Lipinski definition) is 0. The lowest BCUT2D eigenvalue weighted by molar-refractivity contribution is -0.115. The van der Waals surface area contributed by atoms with Crippen LogP contribution in [0.3, 0.4) is 0 Å². The van der Waals surface area contributed by atoms with Crippen molar-refractivity contribution in [2.75, 3.05) is 0 Å². The van der Waals surface area contributed by atoms with Crippen LogP contribution in [0.25, 0.3) is 0 Å². The monoisotopic (exact) mass is 124 g/mol. The van der Waals surface area contributed by atoms with Gasteiger partial charge in [-0.2, -0.15) is 0 Å². The fraction of sp³-hybridized carbons (Fsp3) is 0.625. The molecular formula is C8H12O. The fourth-order valence-electron chi connectivity index (χ4n) is 1.05. The SMILES string of the molecule is CC1=CC(=O)CCC1C. The molecule has 1 unspecified atom stereocenters. The Bertz CT molecular complexity index is 156. The zero-order chi connectivity index (χ0) is 6.85. The molecule has 9 heavy (non-hydrogen) atoms. The van der Waals surface area contributed by atoms with Crippen LogP contribution < -0.4 is 0 Å². The molecule has 0 saturated heterocycles. The van der Waals surface area contributed by atoms with Crippen LogP contribution >= 0.6 is 0 Å². The van der Waals surface area contributed by atoms with Gasteiger partial charge in [-0.25, -0.2) is 0 Å². The van der Waals surface area contributed by atoms with Crippen molar-refractivity contribution in [1.29, 1.82) is 0 Å². The fourth-order valence-corrected chi connectivity index (χ4v) is 1.05. The van der Waals surface area contributed by atoms with E-state index in [-0.39, 0.29) is 0 Å². The lowest BCUT2D eigenvalue weighted by Crippen LogP contribution is -2.08. The molecule has 0 saturated carbocycles. The number of rotatable bonds is 0. The second-order valence-corrected chi connectivity index (χ2v) is 2.79. The molecule has 1 heteroatoms. The molecule has 1 atom stereocenters. The Morgan fingerprint density at radius 2 is 2.33 bits per heavy atom.